The molecule has 7 nitrogen and oxygen atoms in total. The van der Waals surface area contributed by atoms with Crippen molar-refractivity contribution >= 4 is 28.3 Å². The number of amides is 2. The van der Waals surface area contributed by atoms with E-state index in [0.29, 0.717) is 24.8 Å². The number of hydrogen-bond acceptors (Lipinski definition) is 6. The minimum Gasteiger partial charge on any atom is -0.351 e. The van der Waals surface area contributed by atoms with Gasteiger partial charge in [-0.15, -0.1) is 11.3 Å². The Kier molecular flexibility index (Phi) is 8.05. The molecule has 1 aromatic heterocycles. The van der Waals surface area contributed by atoms with Crippen LogP contribution in [0.4, 0.5) is 5.13 Å². The van der Waals surface area contributed by atoms with Crippen LogP contribution in [0.2, 0.25) is 0 Å². The molecule has 0 bridgehead atoms. The molecule has 178 valence electrons. The number of thiazole rings is 1. The van der Waals surface area contributed by atoms with Gasteiger partial charge in [0, 0.05) is 43.7 Å². The van der Waals surface area contributed by atoms with Crippen molar-refractivity contribution in [1.29, 1.82) is 0 Å². The maximum atomic E-state index is 12.5. The SMILES string of the molecule is Cc1ccc(-c2csc(NC(=O)CN3CCN(CC(=O)NCc4ccccc4)CC3)n2)cc1C. The van der Waals surface area contributed by atoms with Crippen molar-refractivity contribution in [3.05, 3.63) is 70.6 Å². The van der Waals surface area contributed by atoms with Gasteiger partial charge in [0.05, 0.1) is 18.8 Å². The van der Waals surface area contributed by atoms with Gasteiger partial charge in [-0.1, -0.05) is 42.5 Å². The van der Waals surface area contributed by atoms with Gasteiger partial charge in [0.15, 0.2) is 5.13 Å². The molecule has 0 aliphatic carbocycles. The third kappa shape index (κ3) is 6.72. The fourth-order valence-corrected chi connectivity index (χ4v) is 4.62. The standard InChI is InChI=1S/C26H31N5O2S/c1-19-8-9-22(14-20(19)2)23-18-34-26(28-23)29-25(33)17-31-12-10-30(11-13-31)16-24(32)27-15-21-6-4-3-5-7-21/h3-9,14,18H,10-13,15-17H2,1-2H3,(H,27,32)(H,28,29,33). The molecule has 0 spiro atoms. The maximum Gasteiger partial charge on any atom is 0.240 e. The molecule has 8 heteroatoms. The second-order valence-corrected chi connectivity index (χ2v) is 9.56. The van der Waals surface area contributed by atoms with Crippen molar-refractivity contribution in [2.75, 3.05) is 44.6 Å². The first kappa shape index (κ1) is 24.1. The van der Waals surface area contributed by atoms with Crippen molar-refractivity contribution in [3.63, 3.8) is 0 Å². The Morgan fingerprint density at radius 2 is 1.59 bits per heavy atom. The molecule has 2 N–H and O–H groups in total. The van der Waals surface area contributed by atoms with Crippen molar-refractivity contribution in [3.8, 4) is 11.3 Å². The zero-order valence-electron chi connectivity index (χ0n) is 19.7. The molecule has 0 atom stereocenters. The summed E-state index contributed by atoms with van der Waals surface area (Å²) in [4.78, 5) is 33.6. The van der Waals surface area contributed by atoms with Crippen LogP contribution in [-0.2, 0) is 16.1 Å². The molecule has 0 radical (unpaired) electrons. The molecule has 0 saturated carbocycles. The summed E-state index contributed by atoms with van der Waals surface area (Å²) in [6.45, 7) is 8.47. The molecule has 34 heavy (non-hydrogen) atoms. The Morgan fingerprint density at radius 3 is 2.26 bits per heavy atom. The monoisotopic (exact) mass is 477 g/mol. The van der Waals surface area contributed by atoms with E-state index < -0.39 is 0 Å². The maximum absolute atomic E-state index is 12.5. The molecule has 3 aromatic rings. The Morgan fingerprint density at radius 1 is 0.912 bits per heavy atom. The minimum absolute atomic E-state index is 0.0263. The smallest absolute Gasteiger partial charge is 0.240 e. The molecule has 1 fully saturated rings. The lowest BCUT2D eigenvalue weighted by Gasteiger charge is -2.33. The minimum atomic E-state index is -0.0601. The number of nitrogens with zero attached hydrogens (tertiary/aromatic N) is 3. The first-order chi connectivity index (χ1) is 16.5. The average Bonchev–Trinajstić information content (AvgIpc) is 3.30. The molecule has 2 aromatic carbocycles. The van der Waals surface area contributed by atoms with Crippen LogP contribution >= 0.6 is 11.3 Å². The molecule has 1 aliphatic heterocycles. The van der Waals surface area contributed by atoms with E-state index in [4.69, 9.17) is 0 Å². The number of aromatic nitrogens is 1. The molecular formula is C26H31N5O2S. The van der Waals surface area contributed by atoms with Gasteiger partial charge in [-0.3, -0.25) is 19.4 Å². The number of piperazine rings is 1. The number of hydrogen-bond donors (Lipinski definition) is 2. The van der Waals surface area contributed by atoms with Gasteiger partial charge < -0.3 is 10.6 Å². The van der Waals surface area contributed by atoms with Gasteiger partial charge in [-0.25, -0.2) is 4.98 Å². The lowest BCUT2D eigenvalue weighted by molar-refractivity contribution is -0.123. The highest BCUT2D eigenvalue weighted by atomic mass is 32.1. The number of rotatable bonds is 8. The van der Waals surface area contributed by atoms with Crippen LogP contribution < -0.4 is 10.6 Å². The van der Waals surface area contributed by atoms with Crippen LogP contribution in [0.5, 0.6) is 0 Å². The summed E-state index contributed by atoms with van der Waals surface area (Å²) in [5.74, 6) is -0.0339. The number of nitrogens with one attached hydrogen (secondary N) is 2. The first-order valence-electron chi connectivity index (χ1n) is 11.5. The van der Waals surface area contributed by atoms with Gasteiger partial charge in [-0.05, 0) is 36.6 Å². The van der Waals surface area contributed by atoms with Gasteiger partial charge >= 0.3 is 0 Å². The van der Waals surface area contributed by atoms with E-state index >= 15 is 0 Å². The van der Waals surface area contributed by atoms with Gasteiger partial charge in [0.2, 0.25) is 11.8 Å². The normalized spacial score (nSPS) is 14.6. The lowest BCUT2D eigenvalue weighted by atomic mass is 10.1. The average molecular weight is 478 g/mol. The third-order valence-corrected chi connectivity index (χ3v) is 6.84. The van der Waals surface area contributed by atoms with Crippen LogP contribution in [0.25, 0.3) is 11.3 Å². The fraction of sp³-hybridized carbons (Fsp3) is 0.346. The van der Waals surface area contributed by atoms with Gasteiger partial charge in [0.25, 0.3) is 0 Å². The summed E-state index contributed by atoms with van der Waals surface area (Å²) in [5, 5.41) is 8.49. The highest BCUT2D eigenvalue weighted by Crippen LogP contribution is 2.26. The summed E-state index contributed by atoms with van der Waals surface area (Å²) in [6.07, 6.45) is 0. The number of aryl methyl sites for hydroxylation is 2. The van der Waals surface area contributed by atoms with Crippen LogP contribution in [0.3, 0.4) is 0 Å². The molecule has 1 saturated heterocycles. The number of anilines is 1. The Labute approximate surface area is 204 Å². The summed E-state index contributed by atoms with van der Waals surface area (Å²) in [7, 11) is 0. The second-order valence-electron chi connectivity index (χ2n) is 8.70. The third-order valence-electron chi connectivity index (χ3n) is 6.09. The van der Waals surface area contributed by atoms with Crippen LogP contribution in [-0.4, -0.2) is 65.9 Å². The molecule has 1 aliphatic rings. The zero-order valence-corrected chi connectivity index (χ0v) is 20.5. The molecule has 2 amide bonds. The van der Waals surface area contributed by atoms with E-state index in [1.165, 1.54) is 22.5 Å². The Bertz CT molecular complexity index is 1120. The predicted molar refractivity (Wildman–Crippen MR) is 137 cm³/mol. The Hall–Kier alpha value is -3.07. The molecule has 0 unspecified atom stereocenters. The van der Waals surface area contributed by atoms with E-state index in [1.54, 1.807) is 0 Å². The number of carbonyl (C=O) groups is 2. The van der Waals surface area contributed by atoms with E-state index in [9.17, 15) is 9.59 Å². The Balaban J connectivity index is 1.18. The van der Waals surface area contributed by atoms with Gasteiger partial charge in [-0.2, -0.15) is 0 Å². The number of benzene rings is 2. The number of carbonyl (C=O) groups excluding carboxylic acids is 2. The fourth-order valence-electron chi connectivity index (χ4n) is 3.89. The predicted octanol–water partition coefficient (Wildman–Crippen LogP) is 3.30. The summed E-state index contributed by atoms with van der Waals surface area (Å²) < 4.78 is 0. The summed E-state index contributed by atoms with van der Waals surface area (Å²) in [5.41, 5.74) is 5.50. The summed E-state index contributed by atoms with van der Waals surface area (Å²) >= 11 is 1.44. The first-order valence-corrected chi connectivity index (χ1v) is 12.4. The highest BCUT2D eigenvalue weighted by Gasteiger charge is 2.21. The van der Waals surface area contributed by atoms with Crippen LogP contribution in [0, 0.1) is 13.8 Å². The molecular weight excluding hydrogens is 446 g/mol. The van der Waals surface area contributed by atoms with E-state index in [-0.39, 0.29) is 11.8 Å². The van der Waals surface area contributed by atoms with Crippen molar-refractivity contribution in [2.24, 2.45) is 0 Å². The van der Waals surface area contributed by atoms with Crippen LogP contribution in [0.15, 0.2) is 53.9 Å². The van der Waals surface area contributed by atoms with E-state index in [0.717, 1.165) is 43.0 Å². The molecule has 2 heterocycles. The summed E-state index contributed by atoms with van der Waals surface area (Å²) in [6, 6.07) is 16.2. The van der Waals surface area contributed by atoms with Crippen molar-refractivity contribution < 1.29 is 9.59 Å². The van der Waals surface area contributed by atoms with E-state index in [2.05, 4.69) is 57.5 Å². The quantitative estimate of drug-likeness (QED) is 0.521. The lowest BCUT2D eigenvalue weighted by Crippen LogP contribution is -2.50. The van der Waals surface area contributed by atoms with Crippen molar-refractivity contribution in [1.82, 2.24) is 20.1 Å². The molecule has 4 rings (SSSR count). The van der Waals surface area contributed by atoms with Gasteiger partial charge in [0.1, 0.15) is 0 Å². The largest absolute Gasteiger partial charge is 0.351 e. The van der Waals surface area contributed by atoms with E-state index in [1.807, 2.05) is 35.7 Å². The topological polar surface area (TPSA) is 77.6 Å². The highest BCUT2D eigenvalue weighted by molar-refractivity contribution is 7.14. The second kappa shape index (κ2) is 11.4. The van der Waals surface area contributed by atoms with Crippen molar-refractivity contribution in [2.45, 2.75) is 20.4 Å². The zero-order chi connectivity index (χ0) is 23.9. The van der Waals surface area contributed by atoms with Crippen LogP contribution in [0.1, 0.15) is 16.7 Å².